The predicted octanol–water partition coefficient (Wildman–Crippen LogP) is 1.08. The van der Waals surface area contributed by atoms with Crippen LogP contribution in [0.2, 0.25) is 0 Å². The summed E-state index contributed by atoms with van der Waals surface area (Å²) in [7, 11) is 0. The maximum absolute atomic E-state index is 12.5. The molecule has 7 heteroatoms. The van der Waals surface area contributed by atoms with Gasteiger partial charge >= 0.3 is 5.97 Å². The van der Waals surface area contributed by atoms with Crippen molar-refractivity contribution in [1.82, 2.24) is 15.1 Å². The van der Waals surface area contributed by atoms with E-state index in [2.05, 4.69) is 19.2 Å². The third kappa shape index (κ3) is 4.71. The van der Waals surface area contributed by atoms with E-state index in [9.17, 15) is 14.4 Å². The van der Waals surface area contributed by atoms with Crippen LogP contribution in [0.1, 0.15) is 52.9 Å². The summed E-state index contributed by atoms with van der Waals surface area (Å²) in [6.07, 6.45) is 3.70. The second-order valence-corrected chi connectivity index (χ2v) is 7.21. The number of nitrogens with zero attached hydrogens (tertiary/aromatic N) is 2. The Labute approximate surface area is 149 Å². The van der Waals surface area contributed by atoms with Crippen molar-refractivity contribution in [2.24, 2.45) is 5.92 Å². The van der Waals surface area contributed by atoms with Gasteiger partial charge in [0, 0.05) is 31.1 Å². The van der Waals surface area contributed by atoms with Crippen molar-refractivity contribution in [2.45, 2.75) is 71.0 Å². The number of nitrogens with one attached hydrogen (secondary N) is 1. The van der Waals surface area contributed by atoms with Crippen LogP contribution in [0.25, 0.3) is 0 Å². The molecule has 0 aromatic rings. The van der Waals surface area contributed by atoms with Crippen LogP contribution < -0.4 is 5.32 Å². The molecule has 142 valence electrons. The highest BCUT2D eigenvalue weighted by molar-refractivity contribution is 5.89. The first-order chi connectivity index (χ1) is 11.9. The minimum atomic E-state index is -0.819. The van der Waals surface area contributed by atoms with Crippen molar-refractivity contribution in [3.63, 3.8) is 0 Å². The monoisotopic (exact) mass is 353 g/mol. The topological polar surface area (TPSA) is 90.0 Å². The molecule has 1 aliphatic heterocycles. The Morgan fingerprint density at radius 1 is 1.28 bits per heavy atom. The number of carbonyl (C=O) groups is 3. The Hall–Kier alpha value is -1.63. The molecule has 7 nitrogen and oxygen atoms in total. The van der Waals surface area contributed by atoms with E-state index in [-0.39, 0.29) is 42.4 Å². The van der Waals surface area contributed by atoms with Gasteiger partial charge in [-0.05, 0) is 32.2 Å². The molecule has 2 amide bonds. The molecule has 0 spiro atoms. The number of likely N-dealkylation sites (tertiary alicyclic amines) is 1. The second kappa shape index (κ2) is 8.65. The standard InChI is InChI=1S/C18H31N3O4/c1-4-14(5-2)21-10-12(7-16(21)22)18(25)19-13-8-15(9-13)20(6-3)11-17(23)24/h12-15H,4-11H2,1-3H3,(H,19,25)(H,23,24). The van der Waals surface area contributed by atoms with Gasteiger partial charge in [0.25, 0.3) is 0 Å². The van der Waals surface area contributed by atoms with Crippen LogP contribution in [0, 0.1) is 5.92 Å². The largest absolute Gasteiger partial charge is 0.480 e. The molecule has 2 N–H and O–H groups in total. The Morgan fingerprint density at radius 2 is 1.92 bits per heavy atom. The van der Waals surface area contributed by atoms with E-state index in [4.69, 9.17) is 5.11 Å². The number of hydrogen-bond acceptors (Lipinski definition) is 4. The number of carboxylic acids is 1. The first-order valence-corrected chi connectivity index (χ1v) is 9.45. The minimum Gasteiger partial charge on any atom is -0.480 e. The summed E-state index contributed by atoms with van der Waals surface area (Å²) in [6.45, 7) is 7.35. The predicted molar refractivity (Wildman–Crippen MR) is 94.0 cm³/mol. The lowest BCUT2D eigenvalue weighted by Gasteiger charge is -2.42. The fourth-order valence-electron chi connectivity index (χ4n) is 3.99. The molecule has 1 saturated carbocycles. The Bertz CT molecular complexity index is 501. The van der Waals surface area contributed by atoms with E-state index in [0.717, 1.165) is 25.7 Å². The van der Waals surface area contributed by atoms with Crippen LogP contribution in [-0.2, 0) is 14.4 Å². The number of hydrogen-bond donors (Lipinski definition) is 2. The van der Waals surface area contributed by atoms with Crippen molar-refractivity contribution in [3.05, 3.63) is 0 Å². The van der Waals surface area contributed by atoms with Gasteiger partial charge in [-0.25, -0.2) is 0 Å². The summed E-state index contributed by atoms with van der Waals surface area (Å²) in [4.78, 5) is 39.3. The Kier molecular flexibility index (Phi) is 6.81. The summed E-state index contributed by atoms with van der Waals surface area (Å²) in [5.41, 5.74) is 0. The Morgan fingerprint density at radius 3 is 2.44 bits per heavy atom. The van der Waals surface area contributed by atoms with Gasteiger partial charge in [0.05, 0.1) is 12.5 Å². The van der Waals surface area contributed by atoms with Crippen LogP contribution in [-0.4, -0.2) is 70.4 Å². The second-order valence-electron chi connectivity index (χ2n) is 7.21. The van der Waals surface area contributed by atoms with Gasteiger partial charge in [-0.3, -0.25) is 19.3 Å². The number of amides is 2. The van der Waals surface area contributed by atoms with Crippen LogP contribution in [0.5, 0.6) is 0 Å². The fraction of sp³-hybridized carbons (Fsp3) is 0.833. The highest BCUT2D eigenvalue weighted by atomic mass is 16.4. The van der Waals surface area contributed by atoms with Gasteiger partial charge in [-0.15, -0.1) is 0 Å². The van der Waals surface area contributed by atoms with Gasteiger partial charge in [0.2, 0.25) is 11.8 Å². The van der Waals surface area contributed by atoms with E-state index in [1.54, 1.807) is 0 Å². The summed E-state index contributed by atoms with van der Waals surface area (Å²) < 4.78 is 0. The molecule has 1 unspecified atom stereocenters. The van der Waals surface area contributed by atoms with Crippen LogP contribution in [0.3, 0.4) is 0 Å². The molecule has 1 atom stereocenters. The smallest absolute Gasteiger partial charge is 0.317 e. The van der Waals surface area contributed by atoms with Gasteiger partial charge in [-0.2, -0.15) is 0 Å². The molecule has 1 heterocycles. The molecule has 2 aliphatic rings. The van der Waals surface area contributed by atoms with E-state index >= 15 is 0 Å². The summed E-state index contributed by atoms with van der Waals surface area (Å²) in [5.74, 6) is -1.03. The lowest BCUT2D eigenvalue weighted by molar-refractivity contribution is -0.140. The lowest BCUT2D eigenvalue weighted by Crippen LogP contribution is -2.55. The van der Waals surface area contributed by atoms with Crippen molar-refractivity contribution in [1.29, 1.82) is 0 Å². The average Bonchev–Trinajstić information content (AvgIpc) is 2.91. The SMILES string of the molecule is CCC(CC)N1CC(C(=O)NC2CC(N(CC)CC(=O)O)C2)CC1=O. The number of rotatable bonds is 9. The highest BCUT2D eigenvalue weighted by Crippen LogP contribution is 2.28. The van der Waals surface area contributed by atoms with Crippen molar-refractivity contribution in [2.75, 3.05) is 19.6 Å². The zero-order chi connectivity index (χ0) is 18.6. The van der Waals surface area contributed by atoms with E-state index in [1.165, 1.54) is 0 Å². The molecule has 0 aromatic heterocycles. The Balaban J connectivity index is 1.79. The zero-order valence-corrected chi connectivity index (χ0v) is 15.5. The molecule has 0 aromatic carbocycles. The molecule has 0 bridgehead atoms. The molecule has 0 radical (unpaired) electrons. The fourth-order valence-corrected chi connectivity index (χ4v) is 3.99. The maximum Gasteiger partial charge on any atom is 0.317 e. The molecule has 1 saturated heterocycles. The minimum absolute atomic E-state index is 0.0356. The lowest BCUT2D eigenvalue weighted by atomic mass is 9.85. The number of carbonyl (C=O) groups excluding carboxylic acids is 2. The molecule has 2 fully saturated rings. The average molecular weight is 353 g/mol. The summed E-state index contributed by atoms with van der Waals surface area (Å²) in [6, 6.07) is 0.544. The van der Waals surface area contributed by atoms with Gasteiger partial charge < -0.3 is 15.3 Å². The quantitative estimate of drug-likeness (QED) is 0.647. The maximum atomic E-state index is 12.5. The first-order valence-electron chi connectivity index (χ1n) is 9.45. The normalized spacial score (nSPS) is 26.2. The number of aliphatic carboxylic acids is 1. The van der Waals surface area contributed by atoms with Crippen molar-refractivity contribution in [3.8, 4) is 0 Å². The van der Waals surface area contributed by atoms with E-state index in [0.29, 0.717) is 19.5 Å². The molecule has 25 heavy (non-hydrogen) atoms. The van der Waals surface area contributed by atoms with Crippen LogP contribution in [0.4, 0.5) is 0 Å². The van der Waals surface area contributed by atoms with E-state index < -0.39 is 5.97 Å². The molecule has 1 aliphatic carbocycles. The number of carboxylic acid groups (broad SMARTS) is 1. The third-order valence-corrected chi connectivity index (χ3v) is 5.63. The van der Waals surface area contributed by atoms with Crippen molar-refractivity contribution >= 4 is 17.8 Å². The highest BCUT2D eigenvalue weighted by Gasteiger charge is 2.40. The summed E-state index contributed by atoms with van der Waals surface area (Å²) >= 11 is 0. The number of likely N-dealkylation sites (N-methyl/N-ethyl adjacent to an activating group) is 1. The zero-order valence-electron chi connectivity index (χ0n) is 15.5. The molecule has 2 rings (SSSR count). The van der Waals surface area contributed by atoms with Gasteiger partial charge in [0.1, 0.15) is 0 Å². The van der Waals surface area contributed by atoms with E-state index in [1.807, 2.05) is 16.7 Å². The van der Waals surface area contributed by atoms with Gasteiger partial charge in [-0.1, -0.05) is 20.8 Å². The van der Waals surface area contributed by atoms with Gasteiger partial charge in [0.15, 0.2) is 0 Å². The van der Waals surface area contributed by atoms with Crippen LogP contribution >= 0.6 is 0 Å². The third-order valence-electron chi connectivity index (χ3n) is 5.63. The summed E-state index contributed by atoms with van der Waals surface area (Å²) in [5, 5.41) is 12.0. The van der Waals surface area contributed by atoms with Crippen LogP contribution in [0.15, 0.2) is 0 Å². The molecular weight excluding hydrogens is 322 g/mol. The molecular formula is C18H31N3O4. The first kappa shape index (κ1) is 19.7. The van der Waals surface area contributed by atoms with Crippen molar-refractivity contribution < 1.29 is 19.5 Å².